The molecule has 1 aliphatic carbocycles. The predicted octanol–water partition coefficient (Wildman–Crippen LogP) is -0.340. The van der Waals surface area contributed by atoms with Crippen molar-refractivity contribution >= 4 is 11.8 Å². The summed E-state index contributed by atoms with van der Waals surface area (Å²) >= 11 is 0. The minimum atomic E-state index is -0.0573. The smallest absolute Gasteiger partial charge is 0.241 e. The van der Waals surface area contributed by atoms with Crippen LogP contribution in [0.25, 0.3) is 0 Å². The van der Waals surface area contributed by atoms with Crippen molar-refractivity contribution in [3.05, 3.63) is 0 Å². The summed E-state index contributed by atoms with van der Waals surface area (Å²) in [6, 6.07) is 0.145. The Hall–Kier alpha value is -1.10. The molecule has 0 aliphatic heterocycles. The largest absolute Gasteiger partial charge is 0.347 e. The van der Waals surface area contributed by atoms with E-state index in [1.165, 1.54) is 9.80 Å². The molecule has 0 spiro atoms. The first kappa shape index (κ1) is 13.0. The SMILES string of the molecule is CN(C)C(=O)CN(C)C(=O)C1CCC(N)C1. The number of nitrogens with zero attached hydrogens (tertiary/aromatic N) is 2. The van der Waals surface area contributed by atoms with Crippen LogP contribution in [0.2, 0.25) is 0 Å². The van der Waals surface area contributed by atoms with Crippen LogP contribution in [0.4, 0.5) is 0 Å². The Kier molecular flexibility index (Phi) is 4.29. The molecule has 2 unspecified atom stereocenters. The molecule has 0 radical (unpaired) electrons. The summed E-state index contributed by atoms with van der Waals surface area (Å²) in [6.45, 7) is 0.150. The van der Waals surface area contributed by atoms with Crippen LogP contribution in [0.1, 0.15) is 19.3 Å². The first-order chi connectivity index (χ1) is 7.41. The van der Waals surface area contributed by atoms with Gasteiger partial charge in [-0.2, -0.15) is 0 Å². The van der Waals surface area contributed by atoms with Gasteiger partial charge in [-0.25, -0.2) is 0 Å². The average Bonchev–Trinajstić information content (AvgIpc) is 2.63. The molecule has 0 bridgehead atoms. The summed E-state index contributed by atoms with van der Waals surface area (Å²) < 4.78 is 0. The van der Waals surface area contributed by atoms with E-state index in [2.05, 4.69) is 0 Å². The number of nitrogens with two attached hydrogens (primary N) is 1. The zero-order valence-electron chi connectivity index (χ0n) is 10.3. The molecule has 92 valence electrons. The van der Waals surface area contributed by atoms with Crippen molar-refractivity contribution < 1.29 is 9.59 Å². The van der Waals surface area contributed by atoms with Crippen LogP contribution in [0.3, 0.4) is 0 Å². The van der Waals surface area contributed by atoms with E-state index in [1.807, 2.05) is 0 Å². The Morgan fingerprint density at radius 3 is 2.31 bits per heavy atom. The molecule has 1 fully saturated rings. The molecule has 0 aromatic rings. The van der Waals surface area contributed by atoms with Gasteiger partial charge in [0.1, 0.15) is 0 Å². The number of rotatable bonds is 3. The number of amides is 2. The Bertz CT molecular complexity index is 278. The highest BCUT2D eigenvalue weighted by Gasteiger charge is 2.30. The van der Waals surface area contributed by atoms with E-state index >= 15 is 0 Å². The third kappa shape index (κ3) is 3.20. The molecule has 16 heavy (non-hydrogen) atoms. The van der Waals surface area contributed by atoms with Gasteiger partial charge < -0.3 is 15.5 Å². The van der Waals surface area contributed by atoms with Gasteiger partial charge in [-0.05, 0) is 19.3 Å². The summed E-state index contributed by atoms with van der Waals surface area (Å²) in [7, 11) is 5.05. The molecule has 5 heteroatoms. The van der Waals surface area contributed by atoms with Crippen LogP contribution in [0.5, 0.6) is 0 Å². The molecule has 2 atom stereocenters. The maximum absolute atomic E-state index is 11.9. The molecular formula is C11H21N3O2. The average molecular weight is 227 g/mol. The van der Waals surface area contributed by atoms with Crippen molar-refractivity contribution in [2.24, 2.45) is 11.7 Å². The van der Waals surface area contributed by atoms with Crippen LogP contribution < -0.4 is 5.73 Å². The standard InChI is InChI=1S/C11H21N3O2/c1-13(2)10(15)7-14(3)11(16)8-4-5-9(12)6-8/h8-9H,4-7,12H2,1-3H3. The minimum absolute atomic E-state index is 0.00922. The van der Waals surface area contributed by atoms with Gasteiger partial charge in [0.15, 0.2) is 0 Å². The summed E-state index contributed by atoms with van der Waals surface area (Å²) in [5, 5.41) is 0. The van der Waals surface area contributed by atoms with E-state index in [1.54, 1.807) is 21.1 Å². The zero-order chi connectivity index (χ0) is 12.3. The van der Waals surface area contributed by atoms with E-state index in [9.17, 15) is 9.59 Å². The molecular weight excluding hydrogens is 206 g/mol. The molecule has 0 saturated heterocycles. The molecule has 0 heterocycles. The highest BCUT2D eigenvalue weighted by atomic mass is 16.2. The first-order valence-electron chi connectivity index (χ1n) is 5.62. The van der Waals surface area contributed by atoms with E-state index in [4.69, 9.17) is 5.73 Å². The second-order valence-corrected chi connectivity index (χ2v) is 4.75. The van der Waals surface area contributed by atoms with Crippen molar-refractivity contribution in [1.29, 1.82) is 0 Å². The molecule has 2 N–H and O–H groups in total. The van der Waals surface area contributed by atoms with Crippen LogP contribution in [-0.2, 0) is 9.59 Å². The molecule has 0 aromatic heterocycles. The quantitative estimate of drug-likeness (QED) is 0.717. The summed E-state index contributed by atoms with van der Waals surface area (Å²) in [4.78, 5) is 26.4. The number of hydrogen-bond acceptors (Lipinski definition) is 3. The minimum Gasteiger partial charge on any atom is -0.347 e. The monoisotopic (exact) mass is 227 g/mol. The van der Waals surface area contributed by atoms with E-state index in [0.717, 1.165) is 19.3 Å². The Morgan fingerprint density at radius 2 is 1.88 bits per heavy atom. The summed E-state index contributed by atoms with van der Waals surface area (Å²) in [6.07, 6.45) is 2.51. The second-order valence-electron chi connectivity index (χ2n) is 4.75. The molecule has 0 aromatic carbocycles. The third-order valence-electron chi connectivity index (χ3n) is 3.07. The van der Waals surface area contributed by atoms with Gasteiger partial charge in [0.05, 0.1) is 6.54 Å². The number of carbonyl (C=O) groups excluding carboxylic acids is 2. The lowest BCUT2D eigenvalue weighted by Gasteiger charge is -2.22. The van der Waals surface area contributed by atoms with Crippen molar-refractivity contribution in [1.82, 2.24) is 9.80 Å². The molecule has 1 rings (SSSR count). The number of likely N-dealkylation sites (N-methyl/N-ethyl adjacent to an activating group) is 2. The molecule has 1 aliphatic rings. The highest BCUT2D eigenvalue weighted by Crippen LogP contribution is 2.25. The third-order valence-corrected chi connectivity index (χ3v) is 3.07. The van der Waals surface area contributed by atoms with Gasteiger partial charge in [-0.15, -0.1) is 0 Å². The summed E-state index contributed by atoms with van der Waals surface area (Å²) in [5.74, 6) is -0.00347. The molecule has 2 amide bonds. The fourth-order valence-corrected chi connectivity index (χ4v) is 1.97. The van der Waals surface area contributed by atoms with Crippen LogP contribution in [-0.4, -0.2) is 55.3 Å². The lowest BCUT2D eigenvalue weighted by Crippen LogP contribution is -2.40. The van der Waals surface area contributed by atoms with Gasteiger partial charge >= 0.3 is 0 Å². The Balaban J connectivity index is 2.45. The van der Waals surface area contributed by atoms with Crippen molar-refractivity contribution in [2.45, 2.75) is 25.3 Å². The zero-order valence-corrected chi connectivity index (χ0v) is 10.3. The number of hydrogen-bond donors (Lipinski definition) is 1. The van der Waals surface area contributed by atoms with Crippen molar-refractivity contribution in [3.8, 4) is 0 Å². The first-order valence-corrected chi connectivity index (χ1v) is 5.62. The lowest BCUT2D eigenvalue weighted by molar-refractivity contribution is -0.140. The maximum Gasteiger partial charge on any atom is 0.241 e. The van der Waals surface area contributed by atoms with E-state index in [-0.39, 0.29) is 30.3 Å². The van der Waals surface area contributed by atoms with Crippen LogP contribution in [0.15, 0.2) is 0 Å². The molecule has 5 nitrogen and oxygen atoms in total. The lowest BCUT2D eigenvalue weighted by atomic mass is 10.1. The van der Waals surface area contributed by atoms with Gasteiger partial charge in [0.2, 0.25) is 11.8 Å². The van der Waals surface area contributed by atoms with Crippen LogP contribution in [0, 0.1) is 5.92 Å². The fraction of sp³-hybridized carbons (Fsp3) is 0.818. The normalized spacial score (nSPS) is 24.2. The van der Waals surface area contributed by atoms with Gasteiger partial charge in [0.25, 0.3) is 0 Å². The van der Waals surface area contributed by atoms with Gasteiger partial charge in [-0.1, -0.05) is 0 Å². The molecule has 1 saturated carbocycles. The van der Waals surface area contributed by atoms with Crippen molar-refractivity contribution in [2.75, 3.05) is 27.7 Å². The van der Waals surface area contributed by atoms with Gasteiger partial charge in [-0.3, -0.25) is 9.59 Å². The fourth-order valence-electron chi connectivity index (χ4n) is 1.97. The highest BCUT2D eigenvalue weighted by molar-refractivity contribution is 5.85. The topological polar surface area (TPSA) is 66.6 Å². The maximum atomic E-state index is 11.9. The Labute approximate surface area is 96.6 Å². The second kappa shape index (κ2) is 5.30. The predicted molar refractivity (Wildman–Crippen MR) is 61.6 cm³/mol. The van der Waals surface area contributed by atoms with E-state index in [0.29, 0.717) is 0 Å². The number of carbonyl (C=O) groups is 2. The Morgan fingerprint density at radius 1 is 1.25 bits per heavy atom. The van der Waals surface area contributed by atoms with Crippen LogP contribution >= 0.6 is 0 Å². The van der Waals surface area contributed by atoms with Gasteiger partial charge in [0, 0.05) is 33.1 Å². The van der Waals surface area contributed by atoms with Crippen molar-refractivity contribution in [3.63, 3.8) is 0 Å². The summed E-state index contributed by atoms with van der Waals surface area (Å²) in [5.41, 5.74) is 5.77. The van der Waals surface area contributed by atoms with E-state index < -0.39 is 0 Å².